The molecule has 0 fully saturated rings. The predicted molar refractivity (Wildman–Crippen MR) is 80.4 cm³/mol. The van der Waals surface area contributed by atoms with Crippen LogP contribution < -0.4 is 10.5 Å². The van der Waals surface area contributed by atoms with Crippen molar-refractivity contribution in [2.75, 3.05) is 7.11 Å². The lowest BCUT2D eigenvalue weighted by Crippen LogP contribution is -2.08. The van der Waals surface area contributed by atoms with Gasteiger partial charge in [-0.05, 0) is 41.8 Å². The molecule has 0 aromatic heterocycles. The molecule has 0 aliphatic heterocycles. The standard InChI is InChI=1S/C17H18N2O/c1-3-16(19)14-6-4-5-13(10-14)15-9-12(11-18)7-8-17(15)20-2/h4-10,16H,3,19H2,1-2H3. The van der Waals surface area contributed by atoms with E-state index in [0.717, 1.165) is 28.9 Å². The number of nitriles is 1. The van der Waals surface area contributed by atoms with E-state index in [0.29, 0.717) is 5.56 Å². The summed E-state index contributed by atoms with van der Waals surface area (Å²) in [4.78, 5) is 0. The summed E-state index contributed by atoms with van der Waals surface area (Å²) >= 11 is 0. The Kier molecular flexibility index (Phi) is 4.39. The number of hydrogen-bond acceptors (Lipinski definition) is 3. The Morgan fingerprint density at radius 2 is 2.05 bits per heavy atom. The van der Waals surface area contributed by atoms with Gasteiger partial charge >= 0.3 is 0 Å². The smallest absolute Gasteiger partial charge is 0.126 e. The van der Waals surface area contributed by atoms with Crippen LogP contribution in [0.15, 0.2) is 42.5 Å². The molecule has 0 saturated carbocycles. The Bertz CT molecular complexity index is 644. The fraction of sp³-hybridized carbons (Fsp3) is 0.235. The Balaban J connectivity index is 2.53. The first kappa shape index (κ1) is 14.1. The zero-order valence-electron chi connectivity index (χ0n) is 11.8. The van der Waals surface area contributed by atoms with Crippen molar-refractivity contribution in [1.82, 2.24) is 0 Å². The molecule has 0 aliphatic carbocycles. The zero-order valence-corrected chi connectivity index (χ0v) is 11.8. The summed E-state index contributed by atoms with van der Waals surface area (Å²) in [6.45, 7) is 2.06. The Hall–Kier alpha value is -2.31. The van der Waals surface area contributed by atoms with Gasteiger partial charge in [0.1, 0.15) is 5.75 Å². The second-order valence-corrected chi connectivity index (χ2v) is 4.67. The van der Waals surface area contributed by atoms with Crippen LogP contribution in [0.25, 0.3) is 11.1 Å². The molecule has 3 heteroatoms. The van der Waals surface area contributed by atoms with Crippen molar-refractivity contribution in [2.24, 2.45) is 5.73 Å². The Morgan fingerprint density at radius 1 is 1.25 bits per heavy atom. The van der Waals surface area contributed by atoms with Crippen LogP contribution >= 0.6 is 0 Å². The van der Waals surface area contributed by atoms with Gasteiger partial charge in [0.05, 0.1) is 18.7 Å². The van der Waals surface area contributed by atoms with Crippen molar-refractivity contribution < 1.29 is 4.74 Å². The molecule has 0 saturated heterocycles. The van der Waals surface area contributed by atoms with E-state index in [1.54, 1.807) is 13.2 Å². The van der Waals surface area contributed by atoms with E-state index in [4.69, 9.17) is 15.7 Å². The summed E-state index contributed by atoms with van der Waals surface area (Å²) in [5, 5.41) is 9.04. The number of ether oxygens (including phenoxy) is 1. The summed E-state index contributed by atoms with van der Waals surface area (Å²) in [6, 6.07) is 15.7. The summed E-state index contributed by atoms with van der Waals surface area (Å²) < 4.78 is 5.39. The fourth-order valence-corrected chi connectivity index (χ4v) is 2.18. The second kappa shape index (κ2) is 6.23. The number of nitrogens with two attached hydrogens (primary N) is 1. The first-order valence-corrected chi connectivity index (χ1v) is 6.63. The third-order valence-electron chi connectivity index (χ3n) is 3.39. The van der Waals surface area contributed by atoms with E-state index >= 15 is 0 Å². The number of rotatable bonds is 4. The molecule has 0 bridgehead atoms. The van der Waals surface area contributed by atoms with E-state index in [9.17, 15) is 0 Å². The molecule has 0 spiro atoms. The lowest BCUT2D eigenvalue weighted by molar-refractivity contribution is 0.416. The van der Waals surface area contributed by atoms with Crippen LogP contribution in [0.5, 0.6) is 5.75 Å². The van der Waals surface area contributed by atoms with Crippen molar-refractivity contribution >= 4 is 0 Å². The highest BCUT2D eigenvalue weighted by Crippen LogP contribution is 2.32. The van der Waals surface area contributed by atoms with E-state index in [1.807, 2.05) is 30.3 Å². The summed E-state index contributed by atoms with van der Waals surface area (Å²) in [5.41, 5.74) is 9.72. The first-order valence-electron chi connectivity index (χ1n) is 6.63. The van der Waals surface area contributed by atoms with Crippen LogP contribution in [-0.4, -0.2) is 7.11 Å². The topological polar surface area (TPSA) is 59.0 Å². The summed E-state index contributed by atoms with van der Waals surface area (Å²) in [7, 11) is 1.63. The van der Waals surface area contributed by atoms with Gasteiger partial charge < -0.3 is 10.5 Å². The molecule has 2 aromatic rings. The van der Waals surface area contributed by atoms with Crippen LogP contribution in [0, 0.1) is 11.3 Å². The molecule has 2 N–H and O–H groups in total. The third-order valence-corrected chi connectivity index (χ3v) is 3.39. The fourth-order valence-electron chi connectivity index (χ4n) is 2.18. The van der Waals surface area contributed by atoms with Crippen molar-refractivity contribution in [3.05, 3.63) is 53.6 Å². The zero-order chi connectivity index (χ0) is 14.5. The van der Waals surface area contributed by atoms with Gasteiger partial charge in [0.25, 0.3) is 0 Å². The van der Waals surface area contributed by atoms with Gasteiger partial charge in [0, 0.05) is 11.6 Å². The molecular weight excluding hydrogens is 248 g/mol. The van der Waals surface area contributed by atoms with Gasteiger partial charge in [-0.2, -0.15) is 5.26 Å². The first-order chi connectivity index (χ1) is 9.69. The number of benzene rings is 2. The molecular formula is C17H18N2O. The molecule has 0 radical (unpaired) electrons. The van der Waals surface area contributed by atoms with Gasteiger partial charge in [-0.25, -0.2) is 0 Å². The number of methoxy groups -OCH3 is 1. The van der Waals surface area contributed by atoms with Gasteiger partial charge in [-0.3, -0.25) is 0 Å². The van der Waals surface area contributed by atoms with E-state index in [1.165, 1.54) is 0 Å². The average Bonchev–Trinajstić information content (AvgIpc) is 2.53. The molecule has 102 valence electrons. The van der Waals surface area contributed by atoms with Crippen molar-refractivity contribution in [1.29, 1.82) is 5.26 Å². The van der Waals surface area contributed by atoms with Crippen LogP contribution in [0.3, 0.4) is 0 Å². The predicted octanol–water partition coefficient (Wildman–Crippen LogP) is 3.64. The highest BCUT2D eigenvalue weighted by molar-refractivity contribution is 5.72. The lowest BCUT2D eigenvalue weighted by atomic mass is 9.97. The van der Waals surface area contributed by atoms with Crippen LogP contribution in [-0.2, 0) is 0 Å². The third kappa shape index (κ3) is 2.81. The van der Waals surface area contributed by atoms with Gasteiger partial charge in [0.15, 0.2) is 0 Å². The molecule has 1 unspecified atom stereocenters. The minimum atomic E-state index is 0.0279. The lowest BCUT2D eigenvalue weighted by Gasteiger charge is -2.13. The highest BCUT2D eigenvalue weighted by Gasteiger charge is 2.10. The maximum atomic E-state index is 9.04. The molecule has 3 nitrogen and oxygen atoms in total. The van der Waals surface area contributed by atoms with Gasteiger partial charge in [-0.1, -0.05) is 25.1 Å². The molecule has 2 aromatic carbocycles. The second-order valence-electron chi connectivity index (χ2n) is 4.67. The maximum Gasteiger partial charge on any atom is 0.126 e. The van der Waals surface area contributed by atoms with Gasteiger partial charge in [0.2, 0.25) is 0 Å². The van der Waals surface area contributed by atoms with E-state index in [-0.39, 0.29) is 6.04 Å². The van der Waals surface area contributed by atoms with Crippen molar-refractivity contribution in [3.8, 4) is 22.9 Å². The molecule has 0 aliphatic rings. The van der Waals surface area contributed by atoms with E-state index in [2.05, 4.69) is 19.1 Å². The molecule has 0 heterocycles. The number of hydrogen-bond donors (Lipinski definition) is 1. The van der Waals surface area contributed by atoms with Crippen LogP contribution in [0.1, 0.15) is 30.5 Å². The van der Waals surface area contributed by atoms with Crippen LogP contribution in [0.2, 0.25) is 0 Å². The van der Waals surface area contributed by atoms with Crippen LogP contribution in [0.4, 0.5) is 0 Å². The minimum Gasteiger partial charge on any atom is -0.496 e. The summed E-state index contributed by atoms with van der Waals surface area (Å²) in [6.07, 6.45) is 0.888. The van der Waals surface area contributed by atoms with Crippen molar-refractivity contribution in [2.45, 2.75) is 19.4 Å². The molecule has 1 atom stereocenters. The Morgan fingerprint density at radius 3 is 2.70 bits per heavy atom. The summed E-state index contributed by atoms with van der Waals surface area (Å²) in [5.74, 6) is 0.756. The molecule has 2 rings (SSSR count). The van der Waals surface area contributed by atoms with E-state index < -0.39 is 0 Å². The number of nitrogens with zero attached hydrogens (tertiary/aromatic N) is 1. The molecule has 0 amide bonds. The normalized spacial score (nSPS) is 11.7. The minimum absolute atomic E-state index is 0.0279. The largest absolute Gasteiger partial charge is 0.496 e. The highest BCUT2D eigenvalue weighted by atomic mass is 16.5. The Labute approximate surface area is 119 Å². The quantitative estimate of drug-likeness (QED) is 0.919. The van der Waals surface area contributed by atoms with Crippen molar-refractivity contribution in [3.63, 3.8) is 0 Å². The van der Waals surface area contributed by atoms with Gasteiger partial charge in [-0.15, -0.1) is 0 Å². The average molecular weight is 266 g/mol. The molecule has 20 heavy (non-hydrogen) atoms. The SMILES string of the molecule is CCC(N)c1cccc(-c2cc(C#N)ccc2OC)c1. The monoisotopic (exact) mass is 266 g/mol. The maximum absolute atomic E-state index is 9.04.